The van der Waals surface area contributed by atoms with E-state index in [1.165, 1.54) is 11.3 Å². The maximum Gasteiger partial charge on any atom is 0.261 e. The van der Waals surface area contributed by atoms with Crippen LogP contribution in [-0.2, 0) is 13.1 Å². The van der Waals surface area contributed by atoms with Crippen LogP contribution in [0.25, 0.3) is 22.4 Å². The summed E-state index contributed by atoms with van der Waals surface area (Å²) in [6, 6.07) is 9.52. The van der Waals surface area contributed by atoms with E-state index in [-0.39, 0.29) is 12.5 Å². The maximum atomic E-state index is 12.0. The van der Waals surface area contributed by atoms with Crippen LogP contribution in [0.15, 0.2) is 46.6 Å². The lowest BCUT2D eigenvalue weighted by Gasteiger charge is -2.01. The van der Waals surface area contributed by atoms with Gasteiger partial charge in [-0.1, -0.05) is 18.1 Å². The molecule has 3 heterocycles. The monoisotopic (exact) mass is 367 g/mol. The van der Waals surface area contributed by atoms with Crippen LogP contribution in [0.2, 0.25) is 0 Å². The van der Waals surface area contributed by atoms with E-state index in [0.29, 0.717) is 16.6 Å². The number of amides is 1. The standard InChI is InChI=1S/C18H17N5O2S/c1-2-7-23-11-20-13-9-12(5-6-14(13)23)17-21-16(25-22-17)10-19-18(24)15-4-3-8-26-15/h3-6,8-9,11H,2,7,10H2,1H3,(H,19,24). The fourth-order valence-corrected chi connectivity index (χ4v) is 3.36. The number of nitrogens with zero attached hydrogens (tertiary/aromatic N) is 4. The second-order valence-electron chi connectivity index (χ2n) is 5.81. The van der Waals surface area contributed by atoms with Crippen molar-refractivity contribution in [2.24, 2.45) is 0 Å². The third-order valence-electron chi connectivity index (χ3n) is 3.96. The molecule has 132 valence electrons. The number of aryl methyl sites for hydroxylation is 1. The second-order valence-corrected chi connectivity index (χ2v) is 6.76. The van der Waals surface area contributed by atoms with Gasteiger partial charge in [-0.25, -0.2) is 4.98 Å². The van der Waals surface area contributed by atoms with Crippen molar-refractivity contribution in [3.63, 3.8) is 0 Å². The van der Waals surface area contributed by atoms with Gasteiger partial charge in [0.05, 0.1) is 28.8 Å². The number of benzene rings is 1. The summed E-state index contributed by atoms with van der Waals surface area (Å²) >= 11 is 1.39. The molecule has 0 aliphatic rings. The van der Waals surface area contributed by atoms with Gasteiger partial charge in [0.25, 0.3) is 5.91 Å². The highest BCUT2D eigenvalue weighted by Crippen LogP contribution is 2.22. The Labute approximate surface area is 153 Å². The van der Waals surface area contributed by atoms with E-state index in [1.807, 2.05) is 36.0 Å². The molecule has 3 aromatic heterocycles. The quantitative estimate of drug-likeness (QED) is 0.564. The molecule has 26 heavy (non-hydrogen) atoms. The number of thiophene rings is 1. The zero-order chi connectivity index (χ0) is 17.9. The van der Waals surface area contributed by atoms with Crippen LogP contribution < -0.4 is 5.32 Å². The molecule has 0 aliphatic heterocycles. The molecular weight excluding hydrogens is 350 g/mol. The summed E-state index contributed by atoms with van der Waals surface area (Å²) in [5.41, 5.74) is 2.81. The van der Waals surface area contributed by atoms with E-state index in [9.17, 15) is 4.79 Å². The van der Waals surface area contributed by atoms with Gasteiger partial charge in [-0.2, -0.15) is 4.98 Å². The van der Waals surface area contributed by atoms with E-state index >= 15 is 0 Å². The topological polar surface area (TPSA) is 85.8 Å². The zero-order valence-corrected chi connectivity index (χ0v) is 15.0. The lowest BCUT2D eigenvalue weighted by Crippen LogP contribution is -2.21. The average Bonchev–Trinajstić information content (AvgIpc) is 3.40. The van der Waals surface area contributed by atoms with Crippen molar-refractivity contribution in [1.82, 2.24) is 25.0 Å². The SMILES string of the molecule is CCCn1cnc2cc(-c3noc(CNC(=O)c4cccs4)n3)ccc21. The highest BCUT2D eigenvalue weighted by atomic mass is 32.1. The van der Waals surface area contributed by atoms with E-state index < -0.39 is 0 Å². The van der Waals surface area contributed by atoms with E-state index in [4.69, 9.17) is 4.52 Å². The number of hydrogen-bond donors (Lipinski definition) is 1. The minimum Gasteiger partial charge on any atom is -0.342 e. The van der Waals surface area contributed by atoms with Crippen LogP contribution in [0.1, 0.15) is 28.9 Å². The highest BCUT2D eigenvalue weighted by molar-refractivity contribution is 7.12. The number of hydrogen-bond acceptors (Lipinski definition) is 6. The first kappa shape index (κ1) is 16.5. The normalized spacial score (nSPS) is 11.1. The van der Waals surface area contributed by atoms with Crippen LogP contribution >= 0.6 is 11.3 Å². The van der Waals surface area contributed by atoms with Crippen LogP contribution in [0.4, 0.5) is 0 Å². The van der Waals surface area contributed by atoms with Crippen molar-refractivity contribution in [3.05, 3.63) is 52.8 Å². The summed E-state index contributed by atoms with van der Waals surface area (Å²) in [6.07, 6.45) is 2.90. The van der Waals surface area contributed by atoms with Gasteiger partial charge in [0, 0.05) is 12.1 Å². The molecule has 0 saturated heterocycles. The fourth-order valence-electron chi connectivity index (χ4n) is 2.72. The van der Waals surface area contributed by atoms with E-state index in [2.05, 4.69) is 31.9 Å². The summed E-state index contributed by atoms with van der Waals surface area (Å²) in [5, 5.41) is 8.64. The largest absolute Gasteiger partial charge is 0.342 e. The Kier molecular flexibility index (Phi) is 4.49. The van der Waals surface area contributed by atoms with Gasteiger partial charge >= 0.3 is 0 Å². The molecule has 1 amide bonds. The number of fused-ring (bicyclic) bond motifs is 1. The molecule has 0 atom stereocenters. The summed E-state index contributed by atoms with van der Waals surface area (Å²) in [7, 11) is 0. The minimum atomic E-state index is -0.150. The van der Waals surface area contributed by atoms with Crippen molar-refractivity contribution in [3.8, 4) is 11.4 Å². The average molecular weight is 367 g/mol. The third-order valence-corrected chi connectivity index (χ3v) is 4.83. The number of carbonyl (C=O) groups excluding carboxylic acids is 1. The van der Waals surface area contributed by atoms with Gasteiger partial charge in [-0.3, -0.25) is 4.79 Å². The molecule has 8 heteroatoms. The minimum absolute atomic E-state index is 0.150. The zero-order valence-electron chi connectivity index (χ0n) is 14.2. The van der Waals surface area contributed by atoms with Crippen molar-refractivity contribution in [1.29, 1.82) is 0 Å². The van der Waals surface area contributed by atoms with Crippen LogP contribution in [0, 0.1) is 0 Å². The molecule has 0 unspecified atom stereocenters. The summed E-state index contributed by atoms with van der Waals surface area (Å²) in [6.45, 7) is 3.27. The predicted molar refractivity (Wildman–Crippen MR) is 98.8 cm³/mol. The summed E-state index contributed by atoms with van der Waals surface area (Å²) in [5.74, 6) is 0.696. The van der Waals surface area contributed by atoms with E-state index in [0.717, 1.165) is 29.6 Å². The van der Waals surface area contributed by atoms with E-state index in [1.54, 1.807) is 6.07 Å². The molecular formula is C18H17N5O2S. The van der Waals surface area contributed by atoms with Gasteiger partial charge in [0.15, 0.2) is 0 Å². The molecule has 0 aliphatic carbocycles. The molecule has 0 radical (unpaired) electrons. The molecule has 4 rings (SSSR count). The Morgan fingerprint density at radius 1 is 1.35 bits per heavy atom. The first-order valence-corrected chi connectivity index (χ1v) is 9.22. The van der Waals surface area contributed by atoms with Gasteiger partial charge in [0.1, 0.15) is 0 Å². The Morgan fingerprint density at radius 2 is 2.27 bits per heavy atom. The van der Waals surface area contributed by atoms with Crippen LogP contribution in [-0.4, -0.2) is 25.6 Å². The van der Waals surface area contributed by atoms with Crippen molar-refractivity contribution in [2.75, 3.05) is 0 Å². The molecule has 4 aromatic rings. The van der Waals surface area contributed by atoms with Gasteiger partial charge in [-0.15, -0.1) is 11.3 Å². The van der Waals surface area contributed by atoms with Crippen molar-refractivity contribution >= 4 is 28.3 Å². The predicted octanol–water partition coefficient (Wildman–Crippen LogP) is 3.49. The molecule has 0 spiro atoms. The van der Waals surface area contributed by atoms with Crippen LogP contribution in [0.3, 0.4) is 0 Å². The molecule has 1 aromatic carbocycles. The second kappa shape index (κ2) is 7.09. The van der Waals surface area contributed by atoms with Gasteiger partial charge in [-0.05, 0) is 36.1 Å². The number of nitrogens with one attached hydrogen (secondary N) is 1. The number of rotatable bonds is 6. The van der Waals surface area contributed by atoms with Crippen LogP contribution in [0.5, 0.6) is 0 Å². The molecule has 1 N–H and O–H groups in total. The smallest absolute Gasteiger partial charge is 0.261 e. The van der Waals surface area contributed by atoms with Crippen molar-refractivity contribution in [2.45, 2.75) is 26.4 Å². The number of aromatic nitrogens is 4. The fraction of sp³-hybridized carbons (Fsp3) is 0.222. The third kappa shape index (κ3) is 3.23. The highest BCUT2D eigenvalue weighted by Gasteiger charge is 2.13. The molecule has 0 saturated carbocycles. The lowest BCUT2D eigenvalue weighted by atomic mass is 10.2. The number of imidazole rings is 1. The maximum absolute atomic E-state index is 12.0. The first-order chi connectivity index (χ1) is 12.7. The Balaban J connectivity index is 1.49. The molecule has 0 fully saturated rings. The Bertz CT molecular complexity index is 1040. The summed E-state index contributed by atoms with van der Waals surface area (Å²) in [4.78, 5) is 21.4. The number of carbonyl (C=O) groups is 1. The Morgan fingerprint density at radius 3 is 3.08 bits per heavy atom. The Hall–Kier alpha value is -3.00. The lowest BCUT2D eigenvalue weighted by molar-refractivity contribution is 0.0950. The first-order valence-electron chi connectivity index (χ1n) is 8.34. The van der Waals surface area contributed by atoms with Crippen molar-refractivity contribution < 1.29 is 9.32 Å². The molecule has 0 bridgehead atoms. The van der Waals surface area contributed by atoms with Gasteiger partial charge in [0.2, 0.25) is 11.7 Å². The van der Waals surface area contributed by atoms with Gasteiger partial charge < -0.3 is 14.4 Å². The molecule has 7 nitrogen and oxygen atoms in total. The summed E-state index contributed by atoms with van der Waals surface area (Å²) < 4.78 is 7.37.